The largest absolute Gasteiger partial charge is 0.396 e. The van der Waals surface area contributed by atoms with Gasteiger partial charge >= 0.3 is 0 Å². The molecule has 1 aromatic heterocycles. The maximum Gasteiger partial charge on any atom is 0.237 e. The summed E-state index contributed by atoms with van der Waals surface area (Å²) in [6, 6.07) is 2.53. The van der Waals surface area contributed by atoms with Crippen LogP contribution in [0.2, 0.25) is 0 Å². The lowest BCUT2D eigenvalue weighted by Gasteiger charge is -2.37. The summed E-state index contributed by atoms with van der Waals surface area (Å²) >= 11 is 1.81. The first-order valence-electron chi connectivity index (χ1n) is 7.96. The lowest BCUT2D eigenvalue weighted by molar-refractivity contribution is -0.134. The Labute approximate surface area is 130 Å². The Bertz CT molecular complexity index is 486. The van der Waals surface area contributed by atoms with Gasteiger partial charge in [-0.3, -0.25) is 9.69 Å². The van der Waals surface area contributed by atoms with E-state index in [-0.39, 0.29) is 12.5 Å². The lowest BCUT2D eigenvalue weighted by Crippen LogP contribution is -2.48. The Morgan fingerprint density at radius 3 is 3.14 bits per heavy atom. The van der Waals surface area contributed by atoms with Crippen molar-refractivity contribution in [1.82, 2.24) is 9.80 Å². The highest BCUT2D eigenvalue weighted by Crippen LogP contribution is 2.25. The van der Waals surface area contributed by atoms with Gasteiger partial charge in [0.1, 0.15) is 0 Å². The number of likely N-dealkylation sites (tertiary alicyclic amines) is 1. The van der Waals surface area contributed by atoms with Gasteiger partial charge in [-0.05, 0) is 49.2 Å². The molecule has 1 fully saturated rings. The van der Waals surface area contributed by atoms with Crippen molar-refractivity contribution in [2.45, 2.75) is 44.7 Å². The second kappa shape index (κ2) is 6.90. The van der Waals surface area contributed by atoms with Gasteiger partial charge in [-0.2, -0.15) is 0 Å². The van der Waals surface area contributed by atoms with Crippen LogP contribution in [0.1, 0.15) is 36.1 Å². The number of rotatable bonds is 4. The van der Waals surface area contributed by atoms with Crippen LogP contribution in [0.15, 0.2) is 11.4 Å². The molecular weight excluding hydrogens is 284 g/mol. The van der Waals surface area contributed by atoms with Crippen molar-refractivity contribution in [3.05, 3.63) is 21.9 Å². The van der Waals surface area contributed by atoms with Gasteiger partial charge in [0.2, 0.25) is 5.91 Å². The van der Waals surface area contributed by atoms with Crippen LogP contribution in [-0.2, 0) is 17.8 Å². The molecular formula is C16H24N2O2S. The zero-order valence-corrected chi connectivity index (χ0v) is 13.3. The van der Waals surface area contributed by atoms with E-state index in [0.717, 1.165) is 38.9 Å². The van der Waals surface area contributed by atoms with Gasteiger partial charge in [0, 0.05) is 30.6 Å². The van der Waals surface area contributed by atoms with Gasteiger partial charge in [0.15, 0.2) is 0 Å². The van der Waals surface area contributed by atoms with Gasteiger partial charge in [-0.25, -0.2) is 0 Å². The molecule has 1 unspecified atom stereocenters. The number of nitrogens with zero attached hydrogens (tertiary/aromatic N) is 2. The minimum absolute atomic E-state index is 0.220. The molecule has 0 spiro atoms. The van der Waals surface area contributed by atoms with E-state index in [1.807, 2.05) is 4.90 Å². The molecule has 2 aliphatic heterocycles. The van der Waals surface area contributed by atoms with Gasteiger partial charge < -0.3 is 10.0 Å². The summed E-state index contributed by atoms with van der Waals surface area (Å²) in [6.07, 6.45) is 5.30. The van der Waals surface area contributed by atoms with Crippen LogP contribution in [-0.4, -0.2) is 53.1 Å². The van der Waals surface area contributed by atoms with Crippen LogP contribution in [0.25, 0.3) is 0 Å². The number of fused-ring (bicyclic) bond motifs is 1. The molecule has 0 radical (unpaired) electrons. The van der Waals surface area contributed by atoms with Crippen molar-refractivity contribution in [2.75, 3.05) is 26.2 Å². The average molecular weight is 308 g/mol. The number of thiophene rings is 1. The molecule has 1 saturated heterocycles. The first-order chi connectivity index (χ1) is 10.3. The highest BCUT2D eigenvalue weighted by atomic mass is 32.1. The minimum Gasteiger partial charge on any atom is -0.396 e. The summed E-state index contributed by atoms with van der Waals surface area (Å²) in [5.41, 5.74) is 1.32. The van der Waals surface area contributed by atoms with Crippen molar-refractivity contribution in [3.63, 3.8) is 0 Å². The predicted molar refractivity (Wildman–Crippen MR) is 84.4 cm³/mol. The Balaban J connectivity index is 1.58. The molecule has 1 N–H and O–H groups in total. The van der Waals surface area contributed by atoms with Crippen molar-refractivity contribution >= 4 is 17.2 Å². The maximum absolute atomic E-state index is 12.6. The Hall–Kier alpha value is -0.910. The molecule has 0 aliphatic carbocycles. The molecule has 116 valence electrons. The molecule has 3 rings (SSSR count). The number of hydrogen-bond acceptors (Lipinski definition) is 4. The second-order valence-electron chi connectivity index (χ2n) is 6.07. The Morgan fingerprint density at radius 2 is 2.29 bits per heavy atom. The van der Waals surface area contributed by atoms with E-state index in [9.17, 15) is 9.90 Å². The van der Waals surface area contributed by atoms with Gasteiger partial charge in [-0.1, -0.05) is 6.42 Å². The smallest absolute Gasteiger partial charge is 0.237 e. The van der Waals surface area contributed by atoms with E-state index in [0.29, 0.717) is 12.6 Å². The second-order valence-corrected chi connectivity index (χ2v) is 7.07. The molecule has 1 atom stereocenters. The van der Waals surface area contributed by atoms with Crippen molar-refractivity contribution < 1.29 is 9.90 Å². The molecule has 2 aliphatic rings. The van der Waals surface area contributed by atoms with Crippen LogP contribution in [0.3, 0.4) is 0 Å². The first-order valence-corrected chi connectivity index (χ1v) is 8.84. The van der Waals surface area contributed by atoms with Crippen LogP contribution in [0, 0.1) is 0 Å². The normalized spacial score (nSPS) is 23.1. The monoisotopic (exact) mass is 308 g/mol. The fraction of sp³-hybridized carbons (Fsp3) is 0.688. The summed E-state index contributed by atoms with van der Waals surface area (Å²) in [4.78, 5) is 18.3. The van der Waals surface area contributed by atoms with Crippen LogP contribution in [0.4, 0.5) is 0 Å². The molecule has 21 heavy (non-hydrogen) atoms. The third-order valence-electron chi connectivity index (χ3n) is 4.71. The van der Waals surface area contributed by atoms with Crippen molar-refractivity contribution in [3.8, 4) is 0 Å². The zero-order valence-electron chi connectivity index (χ0n) is 12.5. The third-order valence-corrected chi connectivity index (χ3v) is 5.73. The van der Waals surface area contributed by atoms with Crippen LogP contribution < -0.4 is 0 Å². The highest BCUT2D eigenvalue weighted by molar-refractivity contribution is 7.10. The molecule has 5 heteroatoms. The highest BCUT2D eigenvalue weighted by Gasteiger charge is 2.27. The summed E-state index contributed by atoms with van der Waals surface area (Å²) < 4.78 is 0. The molecule has 0 aromatic carbocycles. The first kappa shape index (κ1) is 15.0. The Kier molecular flexibility index (Phi) is 4.93. The van der Waals surface area contributed by atoms with E-state index in [1.165, 1.54) is 23.3 Å². The van der Waals surface area contributed by atoms with E-state index in [2.05, 4.69) is 16.3 Å². The van der Waals surface area contributed by atoms with Gasteiger partial charge in [0.25, 0.3) is 0 Å². The molecule has 3 heterocycles. The molecule has 0 saturated carbocycles. The summed E-state index contributed by atoms with van der Waals surface area (Å²) in [5.74, 6) is 0.247. The number of aliphatic hydroxyl groups excluding tert-OH is 1. The number of hydrogen-bond donors (Lipinski definition) is 1. The summed E-state index contributed by atoms with van der Waals surface area (Å²) in [7, 11) is 0. The van der Waals surface area contributed by atoms with E-state index >= 15 is 0 Å². The number of piperidine rings is 1. The maximum atomic E-state index is 12.6. The number of carbonyl (C=O) groups excluding carboxylic acids is 1. The topological polar surface area (TPSA) is 43.8 Å². The fourth-order valence-corrected chi connectivity index (χ4v) is 4.37. The fourth-order valence-electron chi connectivity index (χ4n) is 3.48. The molecule has 0 bridgehead atoms. The average Bonchev–Trinajstić information content (AvgIpc) is 2.97. The predicted octanol–water partition coefficient (Wildman–Crippen LogP) is 1.87. The molecule has 1 aromatic rings. The minimum atomic E-state index is 0.220. The third kappa shape index (κ3) is 3.47. The number of aliphatic hydroxyl groups is 1. The SMILES string of the molecule is O=C(CN1CCCCC1CCO)N1CCc2sccc2C1. The lowest BCUT2D eigenvalue weighted by atomic mass is 9.99. The standard InChI is InChI=1S/C16H24N2O2S/c19-9-5-14-3-1-2-7-17(14)12-16(20)18-8-4-15-13(11-18)6-10-21-15/h6,10,14,19H,1-5,7-9,11-12H2. The van der Waals surface area contributed by atoms with Crippen LogP contribution in [0.5, 0.6) is 0 Å². The molecule has 1 amide bonds. The quantitative estimate of drug-likeness (QED) is 0.923. The number of carbonyl (C=O) groups is 1. The van der Waals surface area contributed by atoms with Crippen molar-refractivity contribution in [1.29, 1.82) is 0 Å². The van der Waals surface area contributed by atoms with E-state index in [1.54, 1.807) is 11.3 Å². The molecule has 4 nitrogen and oxygen atoms in total. The summed E-state index contributed by atoms with van der Waals surface area (Å²) in [6.45, 7) is 3.36. The van der Waals surface area contributed by atoms with E-state index < -0.39 is 0 Å². The van der Waals surface area contributed by atoms with Gasteiger partial charge in [-0.15, -0.1) is 11.3 Å². The van der Waals surface area contributed by atoms with Gasteiger partial charge in [0.05, 0.1) is 6.54 Å². The van der Waals surface area contributed by atoms with E-state index in [4.69, 9.17) is 0 Å². The summed E-state index contributed by atoms with van der Waals surface area (Å²) in [5, 5.41) is 11.3. The Morgan fingerprint density at radius 1 is 1.38 bits per heavy atom. The zero-order chi connectivity index (χ0) is 14.7. The van der Waals surface area contributed by atoms with Crippen LogP contribution >= 0.6 is 11.3 Å². The number of amides is 1. The van der Waals surface area contributed by atoms with Crippen molar-refractivity contribution in [2.24, 2.45) is 0 Å².